The van der Waals surface area contributed by atoms with Gasteiger partial charge in [-0.25, -0.2) is 4.98 Å². The van der Waals surface area contributed by atoms with Crippen molar-refractivity contribution in [2.24, 2.45) is 5.73 Å². The van der Waals surface area contributed by atoms with Crippen LogP contribution in [0.1, 0.15) is 5.56 Å². The van der Waals surface area contributed by atoms with E-state index in [1.54, 1.807) is 13.3 Å². The van der Waals surface area contributed by atoms with Crippen molar-refractivity contribution in [1.29, 1.82) is 0 Å². The summed E-state index contributed by atoms with van der Waals surface area (Å²) in [5.74, 6) is 1.40. The number of para-hydroxylation sites is 1. The van der Waals surface area contributed by atoms with Gasteiger partial charge in [0.2, 0.25) is 0 Å². The Balaban J connectivity index is 2.31. The molecular weight excluding hydrogens is 214 g/mol. The van der Waals surface area contributed by atoms with Crippen molar-refractivity contribution in [3.05, 3.63) is 48.2 Å². The number of ether oxygens (including phenoxy) is 1. The number of anilines is 2. The van der Waals surface area contributed by atoms with Gasteiger partial charge in [0.05, 0.1) is 7.11 Å². The lowest BCUT2D eigenvalue weighted by Crippen LogP contribution is -2.03. The van der Waals surface area contributed by atoms with E-state index in [0.29, 0.717) is 18.1 Å². The van der Waals surface area contributed by atoms with Crippen molar-refractivity contribution in [2.45, 2.75) is 6.54 Å². The SMILES string of the molecule is COc1cccnc1Nc1ccccc1CN. The lowest BCUT2D eigenvalue weighted by Gasteiger charge is -2.12. The molecule has 0 aliphatic carbocycles. The third-order valence-corrected chi connectivity index (χ3v) is 2.48. The Hall–Kier alpha value is -2.07. The molecule has 1 aromatic heterocycles. The molecule has 4 heteroatoms. The summed E-state index contributed by atoms with van der Waals surface area (Å²) >= 11 is 0. The van der Waals surface area contributed by atoms with Crippen LogP contribution in [0.4, 0.5) is 11.5 Å². The molecule has 1 heterocycles. The summed E-state index contributed by atoms with van der Waals surface area (Å²) in [5, 5.41) is 3.23. The van der Waals surface area contributed by atoms with Gasteiger partial charge in [-0.1, -0.05) is 18.2 Å². The molecule has 0 amide bonds. The molecule has 4 nitrogen and oxygen atoms in total. The van der Waals surface area contributed by atoms with E-state index >= 15 is 0 Å². The van der Waals surface area contributed by atoms with Crippen LogP contribution in [0.25, 0.3) is 0 Å². The highest BCUT2D eigenvalue weighted by Gasteiger charge is 2.05. The third-order valence-electron chi connectivity index (χ3n) is 2.48. The normalized spacial score (nSPS) is 10.0. The fourth-order valence-corrected chi connectivity index (χ4v) is 1.60. The Kier molecular flexibility index (Phi) is 3.57. The minimum absolute atomic E-state index is 0.484. The molecule has 3 N–H and O–H groups in total. The molecule has 2 aromatic rings. The van der Waals surface area contributed by atoms with Gasteiger partial charge < -0.3 is 15.8 Å². The van der Waals surface area contributed by atoms with Crippen LogP contribution < -0.4 is 15.8 Å². The molecule has 17 heavy (non-hydrogen) atoms. The van der Waals surface area contributed by atoms with Crippen molar-refractivity contribution in [3.8, 4) is 5.75 Å². The number of rotatable bonds is 4. The van der Waals surface area contributed by atoms with Gasteiger partial charge in [0.25, 0.3) is 0 Å². The minimum atomic E-state index is 0.484. The third kappa shape index (κ3) is 2.54. The summed E-state index contributed by atoms with van der Waals surface area (Å²) < 4.78 is 5.23. The predicted molar refractivity (Wildman–Crippen MR) is 68.4 cm³/mol. The van der Waals surface area contributed by atoms with E-state index in [-0.39, 0.29) is 0 Å². The number of benzene rings is 1. The number of hydrogen-bond donors (Lipinski definition) is 2. The molecule has 0 saturated heterocycles. The highest BCUT2D eigenvalue weighted by Crippen LogP contribution is 2.26. The molecule has 0 spiro atoms. The monoisotopic (exact) mass is 229 g/mol. The maximum Gasteiger partial charge on any atom is 0.173 e. The second-order valence-corrected chi connectivity index (χ2v) is 3.54. The van der Waals surface area contributed by atoms with E-state index in [0.717, 1.165) is 11.3 Å². The second-order valence-electron chi connectivity index (χ2n) is 3.54. The van der Waals surface area contributed by atoms with Gasteiger partial charge in [0.1, 0.15) is 0 Å². The number of methoxy groups -OCH3 is 1. The topological polar surface area (TPSA) is 60.2 Å². The highest BCUT2D eigenvalue weighted by molar-refractivity contribution is 5.64. The van der Waals surface area contributed by atoms with E-state index in [9.17, 15) is 0 Å². The molecule has 0 aliphatic rings. The molecule has 88 valence electrons. The van der Waals surface area contributed by atoms with E-state index < -0.39 is 0 Å². The van der Waals surface area contributed by atoms with Crippen LogP contribution in [0.2, 0.25) is 0 Å². The molecule has 0 aliphatic heterocycles. The molecule has 0 unspecified atom stereocenters. The maximum absolute atomic E-state index is 5.68. The first-order valence-electron chi connectivity index (χ1n) is 5.39. The molecule has 2 rings (SSSR count). The van der Waals surface area contributed by atoms with Gasteiger partial charge in [-0.15, -0.1) is 0 Å². The standard InChI is InChI=1S/C13H15N3O/c1-17-12-7-4-8-15-13(12)16-11-6-3-2-5-10(11)9-14/h2-8H,9,14H2,1H3,(H,15,16). The Bertz CT molecular complexity index is 454. The largest absolute Gasteiger partial charge is 0.493 e. The van der Waals surface area contributed by atoms with E-state index in [1.807, 2.05) is 36.4 Å². The van der Waals surface area contributed by atoms with Crippen molar-refractivity contribution < 1.29 is 4.74 Å². The number of nitrogens with zero attached hydrogens (tertiary/aromatic N) is 1. The van der Waals surface area contributed by atoms with Crippen LogP contribution in [0.3, 0.4) is 0 Å². The Labute approximate surface area is 100 Å². The fraction of sp³-hybridized carbons (Fsp3) is 0.154. The maximum atomic E-state index is 5.68. The van der Waals surface area contributed by atoms with Crippen molar-refractivity contribution in [3.63, 3.8) is 0 Å². The zero-order valence-electron chi connectivity index (χ0n) is 9.68. The van der Waals surface area contributed by atoms with Crippen molar-refractivity contribution in [2.75, 3.05) is 12.4 Å². The average Bonchev–Trinajstić information content (AvgIpc) is 2.40. The molecular formula is C13H15N3O. The zero-order valence-corrected chi connectivity index (χ0v) is 9.68. The molecule has 0 bridgehead atoms. The lowest BCUT2D eigenvalue weighted by atomic mass is 10.2. The second kappa shape index (κ2) is 5.32. The Morgan fingerprint density at radius 3 is 2.82 bits per heavy atom. The first-order valence-corrected chi connectivity index (χ1v) is 5.39. The average molecular weight is 229 g/mol. The van der Waals surface area contributed by atoms with Gasteiger partial charge in [-0.05, 0) is 23.8 Å². The summed E-state index contributed by atoms with van der Waals surface area (Å²) in [6.07, 6.45) is 1.72. The minimum Gasteiger partial charge on any atom is -0.493 e. The first kappa shape index (κ1) is 11.4. The van der Waals surface area contributed by atoms with E-state index in [2.05, 4.69) is 10.3 Å². The quantitative estimate of drug-likeness (QED) is 0.844. The fourth-order valence-electron chi connectivity index (χ4n) is 1.60. The van der Waals surface area contributed by atoms with Gasteiger partial charge >= 0.3 is 0 Å². The highest BCUT2D eigenvalue weighted by atomic mass is 16.5. The van der Waals surface area contributed by atoms with Gasteiger partial charge in [0, 0.05) is 18.4 Å². The Morgan fingerprint density at radius 1 is 1.24 bits per heavy atom. The van der Waals surface area contributed by atoms with Crippen LogP contribution in [0, 0.1) is 0 Å². The molecule has 0 fully saturated rings. The number of pyridine rings is 1. The van der Waals surface area contributed by atoms with Gasteiger partial charge in [0.15, 0.2) is 11.6 Å². The number of aromatic nitrogens is 1. The summed E-state index contributed by atoms with van der Waals surface area (Å²) in [7, 11) is 1.62. The van der Waals surface area contributed by atoms with E-state index in [1.165, 1.54) is 0 Å². The van der Waals surface area contributed by atoms with Crippen molar-refractivity contribution in [1.82, 2.24) is 4.98 Å². The number of nitrogens with two attached hydrogens (primary N) is 1. The smallest absolute Gasteiger partial charge is 0.173 e. The Morgan fingerprint density at radius 2 is 2.06 bits per heavy atom. The zero-order chi connectivity index (χ0) is 12.1. The summed E-state index contributed by atoms with van der Waals surface area (Å²) in [6, 6.07) is 11.6. The predicted octanol–water partition coefficient (Wildman–Crippen LogP) is 2.29. The van der Waals surface area contributed by atoms with Gasteiger partial charge in [-0.2, -0.15) is 0 Å². The number of nitrogens with one attached hydrogen (secondary N) is 1. The van der Waals surface area contributed by atoms with Gasteiger partial charge in [-0.3, -0.25) is 0 Å². The molecule has 1 aromatic carbocycles. The molecule has 0 atom stereocenters. The summed E-state index contributed by atoms with van der Waals surface area (Å²) in [5.41, 5.74) is 7.68. The van der Waals surface area contributed by atoms with E-state index in [4.69, 9.17) is 10.5 Å². The van der Waals surface area contributed by atoms with Crippen LogP contribution >= 0.6 is 0 Å². The number of hydrogen-bond acceptors (Lipinski definition) is 4. The lowest BCUT2D eigenvalue weighted by molar-refractivity contribution is 0.415. The van der Waals surface area contributed by atoms with Crippen LogP contribution in [-0.2, 0) is 6.54 Å². The van der Waals surface area contributed by atoms with Crippen LogP contribution in [0.15, 0.2) is 42.6 Å². The van der Waals surface area contributed by atoms with Crippen molar-refractivity contribution >= 4 is 11.5 Å². The molecule has 0 radical (unpaired) electrons. The van der Waals surface area contributed by atoms with Crippen LogP contribution in [0.5, 0.6) is 5.75 Å². The summed E-state index contributed by atoms with van der Waals surface area (Å²) in [4.78, 5) is 4.24. The molecule has 0 saturated carbocycles. The van der Waals surface area contributed by atoms with Crippen LogP contribution in [-0.4, -0.2) is 12.1 Å². The summed E-state index contributed by atoms with van der Waals surface area (Å²) in [6.45, 7) is 0.484. The first-order chi connectivity index (χ1) is 8.35.